The Bertz CT molecular complexity index is 2980. The van der Waals surface area contributed by atoms with E-state index in [-0.39, 0.29) is 0 Å². The largest absolute Gasteiger partial charge is 0.310 e. The predicted molar refractivity (Wildman–Crippen MR) is 220 cm³/mol. The molecule has 0 unspecified atom stereocenters. The smallest absolute Gasteiger partial charge is 0.145 e. The van der Waals surface area contributed by atoms with Gasteiger partial charge in [-0.05, 0) is 110 Å². The topological polar surface area (TPSA) is 38.9 Å². The van der Waals surface area contributed by atoms with Gasteiger partial charge in [0.25, 0.3) is 0 Å². The van der Waals surface area contributed by atoms with Gasteiger partial charge in [-0.15, -0.1) is 0 Å². The molecule has 0 saturated heterocycles. The quantitative estimate of drug-likeness (QED) is 0.175. The maximum absolute atomic E-state index is 5.04. The van der Waals surface area contributed by atoms with Crippen molar-refractivity contribution in [2.75, 3.05) is 4.90 Å². The van der Waals surface area contributed by atoms with E-state index in [0.717, 1.165) is 56.2 Å². The van der Waals surface area contributed by atoms with Crippen molar-refractivity contribution >= 4 is 60.8 Å². The maximum atomic E-state index is 5.04. The fraction of sp³-hybridized carbons (Fsp3) is 0.0417. The molecule has 0 amide bonds. The molecule has 0 atom stereocenters. The first-order valence-corrected chi connectivity index (χ1v) is 18.0. The number of pyridine rings is 2. The maximum Gasteiger partial charge on any atom is 0.145 e. The Balaban J connectivity index is 1.21. The predicted octanol–water partition coefficient (Wildman–Crippen LogP) is 12.4. The van der Waals surface area contributed by atoms with Crippen LogP contribution < -0.4 is 4.90 Å². The number of anilines is 3. The lowest BCUT2D eigenvalue weighted by Gasteiger charge is -2.26. The van der Waals surface area contributed by atoms with E-state index in [2.05, 4.69) is 186 Å². The zero-order valence-electron chi connectivity index (χ0n) is 29.5. The van der Waals surface area contributed by atoms with Crippen molar-refractivity contribution in [2.24, 2.45) is 0 Å². The second-order valence-corrected chi connectivity index (χ2v) is 13.6. The molecular weight excluding hydrogens is 647 g/mol. The van der Waals surface area contributed by atoms with E-state index < -0.39 is 0 Å². The third-order valence-electron chi connectivity index (χ3n) is 10.5. The van der Waals surface area contributed by atoms with Gasteiger partial charge < -0.3 is 9.47 Å². The number of hydrogen-bond acceptors (Lipinski definition) is 3. The summed E-state index contributed by atoms with van der Waals surface area (Å²) in [6, 6.07) is 58.4. The molecule has 10 aromatic rings. The Kier molecular flexibility index (Phi) is 7.18. The van der Waals surface area contributed by atoms with Crippen molar-refractivity contribution in [3.8, 4) is 22.6 Å². The number of nitrogens with zero attached hydrogens (tertiary/aromatic N) is 5. The van der Waals surface area contributed by atoms with Crippen LogP contribution in [-0.4, -0.2) is 19.1 Å². The lowest BCUT2D eigenvalue weighted by molar-refractivity contribution is 1.13. The molecule has 5 nitrogen and oxygen atoms in total. The summed E-state index contributed by atoms with van der Waals surface area (Å²) >= 11 is 0. The van der Waals surface area contributed by atoms with Crippen LogP contribution in [0.5, 0.6) is 0 Å². The molecule has 0 fully saturated rings. The molecule has 0 bridgehead atoms. The van der Waals surface area contributed by atoms with Gasteiger partial charge in [0.05, 0.1) is 22.2 Å². The Hall–Kier alpha value is -6.98. The standard InChI is InChI=1S/C48H35N5/c1-32-28-43(50-31-33(32)2)34-14-11-19-37(29-34)51(35-15-5-3-6-16-35)38-20-12-21-39(30-38)53-45-26-25-41-40-22-9-10-24-44(40)52(36-17-7-4-8-18-36)47(41)46(45)42-23-13-27-49-48(42)53/h3-31H,1-2H3. The fourth-order valence-electron chi connectivity index (χ4n) is 7.87. The van der Waals surface area contributed by atoms with Crippen molar-refractivity contribution < 1.29 is 0 Å². The van der Waals surface area contributed by atoms with Crippen molar-refractivity contribution in [1.82, 2.24) is 19.1 Å². The molecule has 252 valence electrons. The lowest BCUT2D eigenvalue weighted by Crippen LogP contribution is -2.10. The van der Waals surface area contributed by atoms with Crippen LogP contribution >= 0.6 is 0 Å². The van der Waals surface area contributed by atoms with Gasteiger partial charge in [-0.25, -0.2) is 4.98 Å². The molecule has 5 heteroatoms. The minimum Gasteiger partial charge on any atom is -0.310 e. The fourth-order valence-corrected chi connectivity index (χ4v) is 7.87. The van der Waals surface area contributed by atoms with Crippen LogP contribution in [0.15, 0.2) is 176 Å². The molecule has 0 spiro atoms. The summed E-state index contributed by atoms with van der Waals surface area (Å²) in [5.41, 5.74) is 14.2. The summed E-state index contributed by atoms with van der Waals surface area (Å²) in [7, 11) is 0. The van der Waals surface area contributed by atoms with Gasteiger partial charge in [-0.1, -0.05) is 78.9 Å². The molecule has 0 aliphatic heterocycles. The number of aryl methyl sites for hydroxylation is 2. The van der Waals surface area contributed by atoms with E-state index in [1.807, 2.05) is 18.5 Å². The SMILES string of the molecule is Cc1cnc(-c2cccc(N(c3ccccc3)c3cccc(-n4c5ccc6c7ccccc7n(-c7ccccc7)c6c5c5cccnc54)c3)c2)cc1C. The molecular formula is C48H35N5. The van der Waals surface area contributed by atoms with Gasteiger partial charge in [-0.2, -0.15) is 0 Å². The van der Waals surface area contributed by atoms with Crippen LogP contribution in [0, 0.1) is 13.8 Å². The minimum atomic E-state index is 0.922. The van der Waals surface area contributed by atoms with Gasteiger partial charge in [0.15, 0.2) is 0 Å². The van der Waals surface area contributed by atoms with E-state index in [9.17, 15) is 0 Å². The number of fused-ring (bicyclic) bond motifs is 7. The number of para-hydroxylation sites is 3. The van der Waals surface area contributed by atoms with E-state index >= 15 is 0 Å². The average Bonchev–Trinajstić information content (AvgIpc) is 3.73. The zero-order chi connectivity index (χ0) is 35.5. The van der Waals surface area contributed by atoms with Gasteiger partial charge >= 0.3 is 0 Å². The highest BCUT2D eigenvalue weighted by molar-refractivity contribution is 6.25. The second-order valence-electron chi connectivity index (χ2n) is 13.6. The third-order valence-corrected chi connectivity index (χ3v) is 10.5. The average molecular weight is 682 g/mol. The van der Waals surface area contributed by atoms with Gasteiger partial charge in [0, 0.05) is 67.9 Å². The summed E-state index contributed by atoms with van der Waals surface area (Å²) in [6.07, 6.45) is 3.86. The molecule has 6 aromatic carbocycles. The van der Waals surface area contributed by atoms with Crippen LogP contribution in [0.4, 0.5) is 17.1 Å². The van der Waals surface area contributed by atoms with Crippen molar-refractivity contribution in [1.29, 1.82) is 0 Å². The van der Waals surface area contributed by atoms with Crippen LogP contribution in [-0.2, 0) is 0 Å². The Morgan fingerprint density at radius 2 is 1.17 bits per heavy atom. The zero-order valence-corrected chi connectivity index (χ0v) is 29.5. The molecule has 0 radical (unpaired) electrons. The minimum absolute atomic E-state index is 0.922. The van der Waals surface area contributed by atoms with Gasteiger partial charge in [-0.3, -0.25) is 9.55 Å². The van der Waals surface area contributed by atoms with E-state index in [0.29, 0.717) is 0 Å². The van der Waals surface area contributed by atoms with Crippen molar-refractivity contribution in [3.63, 3.8) is 0 Å². The molecule has 53 heavy (non-hydrogen) atoms. The lowest BCUT2D eigenvalue weighted by atomic mass is 10.1. The van der Waals surface area contributed by atoms with E-state index in [4.69, 9.17) is 9.97 Å². The number of rotatable bonds is 6. The molecule has 4 heterocycles. The highest BCUT2D eigenvalue weighted by atomic mass is 15.1. The second kappa shape index (κ2) is 12.4. The Morgan fingerprint density at radius 1 is 0.472 bits per heavy atom. The summed E-state index contributed by atoms with van der Waals surface area (Å²) in [6.45, 7) is 4.24. The van der Waals surface area contributed by atoms with Crippen LogP contribution in [0.3, 0.4) is 0 Å². The number of aromatic nitrogens is 4. The molecule has 0 saturated carbocycles. The number of hydrogen-bond donors (Lipinski definition) is 0. The van der Waals surface area contributed by atoms with Crippen LogP contribution in [0.25, 0.3) is 66.4 Å². The third kappa shape index (κ3) is 5.01. The summed E-state index contributed by atoms with van der Waals surface area (Å²) in [5, 5.41) is 4.76. The summed E-state index contributed by atoms with van der Waals surface area (Å²) in [5.74, 6) is 0. The first-order chi connectivity index (χ1) is 26.1. The molecule has 4 aromatic heterocycles. The van der Waals surface area contributed by atoms with Crippen molar-refractivity contribution in [3.05, 3.63) is 187 Å². The molecule has 0 aliphatic carbocycles. The first-order valence-electron chi connectivity index (χ1n) is 18.0. The van der Waals surface area contributed by atoms with Gasteiger partial charge in [0.1, 0.15) is 5.65 Å². The highest BCUT2D eigenvalue weighted by Crippen LogP contribution is 2.43. The van der Waals surface area contributed by atoms with E-state index in [1.165, 1.54) is 38.3 Å². The number of benzene rings is 6. The Labute approximate surface area is 307 Å². The molecule has 0 aliphatic rings. The first kappa shape index (κ1) is 30.8. The van der Waals surface area contributed by atoms with Crippen molar-refractivity contribution in [2.45, 2.75) is 13.8 Å². The molecule has 0 N–H and O–H groups in total. The molecule has 10 rings (SSSR count). The highest BCUT2D eigenvalue weighted by Gasteiger charge is 2.22. The summed E-state index contributed by atoms with van der Waals surface area (Å²) < 4.78 is 4.73. The van der Waals surface area contributed by atoms with Crippen LogP contribution in [0.1, 0.15) is 11.1 Å². The Morgan fingerprint density at radius 3 is 2.00 bits per heavy atom. The van der Waals surface area contributed by atoms with E-state index in [1.54, 1.807) is 0 Å². The van der Waals surface area contributed by atoms with Gasteiger partial charge in [0.2, 0.25) is 0 Å². The monoisotopic (exact) mass is 681 g/mol. The van der Waals surface area contributed by atoms with Crippen LogP contribution in [0.2, 0.25) is 0 Å². The normalized spacial score (nSPS) is 11.6. The summed E-state index contributed by atoms with van der Waals surface area (Å²) in [4.78, 5) is 12.2.